The highest BCUT2D eigenvalue weighted by Crippen LogP contribution is 2.38. The highest BCUT2D eigenvalue weighted by Gasteiger charge is 2.36. The first-order chi connectivity index (χ1) is 14.7. The Kier molecular flexibility index (Phi) is 6.16. The van der Waals surface area contributed by atoms with Gasteiger partial charge >= 0.3 is 0 Å². The van der Waals surface area contributed by atoms with Crippen LogP contribution in [0.1, 0.15) is 5.56 Å². The van der Waals surface area contributed by atoms with Crippen LogP contribution in [0.25, 0.3) is 0 Å². The second kappa shape index (κ2) is 8.70. The molecule has 2 N–H and O–H groups in total. The Balaban J connectivity index is 1.54. The van der Waals surface area contributed by atoms with Crippen LogP contribution in [-0.2, 0) is 24.3 Å². The lowest BCUT2D eigenvalue weighted by molar-refractivity contribution is -0.137. The second-order valence-electron chi connectivity index (χ2n) is 7.15. The van der Waals surface area contributed by atoms with Gasteiger partial charge in [-0.05, 0) is 48.9 Å². The lowest BCUT2D eigenvalue weighted by Crippen LogP contribution is -2.49. The van der Waals surface area contributed by atoms with Crippen LogP contribution in [0.3, 0.4) is 0 Å². The first-order valence-corrected chi connectivity index (χ1v) is 12.3. The quantitative estimate of drug-likeness (QED) is 0.650. The molecule has 164 valence electrons. The van der Waals surface area contributed by atoms with E-state index >= 15 is 0 Å². The van der Waals surface area contributed by atoms with E-state index in [1.54, 1.807) is 36.1 Å². The average Bonchev–Trinajstić information content (AvgIpc) is 2.75. The molecule has 0 radical (unpaired) electrons. The number of ether oxygens (including phenoxy) is 1. The molecule has 0 bridgehead atoms. The summed E-state index contributed by atoms with van der Waals surface area (Å²) >= 11 is 7.05. The third kappa shape index (κ3) is 4.67. The molecule has 11 heteroatoms. The molecule has 8 nitrogen and oxygen atoms in total. The van der Waals surface area contributed by atoms with E-state index in [1.807, 2.05) is 0 Å². The summed E-state index contributed by atoms with van der Waals surface area (Å²) in [6.07, 6.45) is 0. The van der Waals surface area contributed by atoms with Crippen LogP contribution >= 0.6 is 23.4 Å². The van der Waals surface area contributed by atoms with Crippen LogP contribution in [0, 0.1) is 6.92 Å². The van der Waals surface area contributed by atoms with Gasteiger partial charge in [0.05, 0.1) is 29.5 Å². The van der Waals surface area contributed by atoms with Crippen LogP contribution in [0.5, 0.6) is 0 Å². The molecule has 31 heavy (non-hydrogen) atoms. The molecule has 4 rings (SSSR count). The average molecular weight is 482 g/mol. The first-order valence-electron chi connectivity index (χ1n) is 9.52. The summed E-state index contributed by atoms with van der Waals surface area (Å²) in [5.74, 6) is -0.738. The molecule has 1 saturated heterocycles. The van der Waals surface area contributed by atoms with E-state index in [-0.39, 0.29) is 10.8 Å². The fourth-order valence-electron chi connectivity index (χ4n) is 3.31. The van der Waals surface area contributed by atoms with Gasteiger partial charge in [-0.15, -0.1) is 11.8 Å². The van der Waals surface area contributed by atoms with Gasteiger partial charge in [0.25, 0.3) is 10.0 Å². The first kappa shape index (κ1) is 21.9. The van der Waals surface area contributed by atoms with E-state index in [1.165, 1.54) is 12.1 Å². The minimum Gasteiger partial charge on any atom is -0.378 e. The van der Waals surface area contributed by atoms with Crippen molar-refractivity contribution in [3.63, 3.8) is 0 Å². The summed E-state index contributed by atoms with van der Waals surface area (Å²) in [6, 6.07) is 9.29. The molecule has 2 aromatic carbocycles. The highest BCUT2D eigenvalue weighted by molar-refractivity contribution is 8.01. The van der Waals surface area contributed by atoms with Crippen molar-refractivity contribution in [3.05, 3.63) is 47.0 Å². The number of morpholine rings is 1. The number of fused-ring (bicyclic) bond motifs is 1. The van der Waals surface area contributed by atoms with Crippen LogP contribution in [-0.4, -0.2) is 56.7 Å². The SMILES string of the molecule is Cc1cc(Cl)ccc1NS(=O)(=O)c1ccc2c(c1)NC(=O)C(C(=O)N1CCOCC1)S2. The molecule has 0 spiro atoms. The molecule has 0 saturated carbocycles. The fraction of sp³-hybridized carbons (Fsp3) is 0.300. The van der Waals surface area contributed by atoms with Crippen molar-refractivity contribution in [1.29, 1.82) is 0 Å². The Morgan fingerprint density at radius 2 is 1.97 bits per heavy atom. The maximum Gasteiger partial charge on any atom is 0.261 e. The Labute approximate surface area is 189 Å². The van der Waals surface area contributed by atoms with Gasteiger partial charge in [-0.2, -0.15) is 0 Å². The third-order valence-corrected chi connectivity index (χ3v) is 7.84. The van der Waals surface area contributed by atoms with Gasteiger partial charge in [0.15, 0.2) is 5.25 Å². The maximum absolute atomic E-state index is 12.8. The lowest BCUT2D eigenvalue weighted by Gasteiger charge is -2.31. The Hall–Kier alpha value is -2.27. The number of nitrogens with one attached hydrogen (secondary N) is 2. The molecule has 0 aliphatic carbocycles. The number of hydrogen-bond donors (Lipinski definition) is 2. The molecular formula is C20H20ClN3O5S2. The van der Waals surface area contributed by atoms with Gasteiger partial charge in [0.1, 0.15) is 0 Å². The standard InChI is InChI=1S/C20H20ClN3O5S2/c1-12-10-13(21)2-4-15(12)23-31(27,28)14-3-5-17-16(11-14)22-19(25)18(30-17)20(26)24-6-8-29-9-7-24/h2-5,10-11,18,23H,6-9H2,1H3,(H,22,25). The number of sulfonamides is 1. The molecule has 1 unspecified atom stereocenters. The Bertz CT molecular complexity index is 1150. The van der Waals surface area contributed by atoms with Crippen molar-refractivity contribution < 1.29 is 22.7 Å². The number of nitrogens with zero attached hydrogens (tertiary/aromatic N) is 1. The van der Waals surface area contributed by atoms with Gasteiger partial charge in [-0.3, -0.25) is 14.3 Å². The molecule has 2 aliphatic heterocycles. The summed E-state index contributed by atoms with van der Waals surface area (Å²) in [6.45, 7) is 3.54. The van der Waals surface area contributed by atoms with Crippen molar-refractivity contribution in [2.24, 2.45) is 0 Å². The molecule has 2 aromatic rings. The number of aryl methyl sites for hydroxylation is 1. The summed E-state index contributed by atoms with van der Waals surface area (Å²) in [5.41, 5.74) is 1.45. The minimum atomic E-state index is -3.89. The molecule has 1 fully saturated rings. The number of rotatable bonds is 4. The van der Waals surface area contributed by atoms with Crippen molar-refractivity contribution in [1.82, 2.24) is 4.90 Å². The maximum atomic E-state index is 12.8. The Morgan fingerprint density at radius 1 is 1.23 bits per heavy atom. The largest absolute Gasteiger partial charge is 0.378 e. The van der Waals surface area contributed by atoms with E-state index < -0.39 is 21.2 Å². The van der Waals surface area contributed by atoms with Crippen LogP contribution in [0.4, 0.5) is 11.4 Å². The number of anilines is 2. The van der Waals surface area contributed by atoms with Crippen molar-refractivity contribution in [2.45, 2.75) is 22.0 Å². The fourth-order valence-corrected chi connectivity index (χ4v) is 5.75. The summed E-state index contributed by atoms with van der Waals surface area (Å²) in [7, 11) is -3.89. The molecular weight excluding hydrogens is 462 g/mol. The number of thioether (sulfide) groups is 1. The summed E-state index contributed by atoms with van der Waals surface area (Å²) < 4.78 is 33.5. The summed E-state index contributed by atoms with van der Waals surface area (Å²) in [4.78, 5) is 27.6. The zero-order valence-corrected chi connectivity index (χ0v) is 18.9. The predicted molar refractivity (Wildman–Crippen MR) is 119 cm³/mol. The number of benzene rings is 2. The van der Waals surface area contributed by atoms with Gasteiger partial charge in [-0.25, -0.2) is 8.42 Å². The van der Waals surface area contributed by atoms with Gasteiger partial charge in [0.2, 0.25) is 11.8 Å². The van der Waals surface area contributed by atoms with Crippen LogP contribution in [0.2, 0.25) is 5.02 Å². The zero-order valence-electron chi connectivity index (χ0n) is 16.6. The van der Waals surface area contributed by atoms with E-state index in [0.717, 1.165) is 11.8 Å². The molecule has 2 aliphatic rings. The van der Waals surface area contributed by atoms with Gasteiger partial charge < -0.3 is 15.0 Å². The normalized spacial score (nSPS) is 18.8. The van der Waals surface area contributed by atoms with E-state index in [2.05, 4.69) is 10.0 Å². The lowest BCUT2D eigenvalue weighted by atomic mass is 10.2. The van der Waals surface area contributed by atoms with Crippen molar-refractivity contribution in [2.75, 3.05) is 36.3 Å². The number of carbonyl (C=O) groups is 2. The van der Waals surface area contributed by atoms with E-state index in [4.69, 9.17) is 16.3 Å². The third-order valence-electron chi connectivity index (χ3n) is 4.98. The topological polar surface area (TPSA) is 105 Å². The van der Waals surface area contributed by atoms with Crippen molar-refractivity contribution >= 4 is 56.6 Å². The monoisotopic (exact) mass is 481 g/mol. The van der Waals surface area contributed by atoms with Crippen molar-refractivity contribution in [3.8, 4) is 0 Å². The molecule has 2 amide bonds. The molecule has 1 atom stereocenters. The Morgan fingerprint density at radius 3 is 2.68 bits per heavy atom. The zero-order chi connectivity index (χ0) is 22.2. The highest BCUT2D eigenvalue weighted by atomic mass is 35.5. The molecule has 2 heterocycles. The van der Waals surface area contributed by atoms with E-state index in [9.17, 15) is 18.0 Å². The second-order valence-corrected chi connectivity index (χ2v) is 10.4. The predicted octanol–water partition coefficient (Wildman–Crippen LogP) is 2.72. The number of hydrogen-bond acceptors (Lipinski definition) is 6. The number of carbonyl (C=O) groups excluding carboxylic acids is 2. The molecule has 0 aromatic heterocycles. The number of halogens is 1. The van der Waals surface area contributed by atoms with Crippen LogP contribution < -0.4 is 10.0 Å². The van der Waals surface area contributed by atoms with E-state index in [0.29, 0.717) is 53.2 Å². The van der Waals surface area contributed by atoms with Crippen LogP contribution in [0.15, 0.2) is 46.2 Å². The summed E-state index contributed by atoms with van der Waals surface area (Å²) in [5, 5.41) is 2.27. The minimum absolute atomic E-state index is 0.000504. The van der Waals surface area contributed by atoms with Gasteiger partial charge in [0, 0.05) is 23.0 Å². The number of amides is 2. The smallest absolute Gasteiger partial charge is 0.261 e. The van der Waals surface area contributed by atoms with Gasteiger partial charge in [-0.1, -0.05) is 11.6 Å².